The molecule has 1 aliphatic heterocycles. The summed E-state index contributed by atoms with van der Waals surface area (Å²) in [6.07, 6.45) is 1.27. The van der Waals surface area contributed by atoms with Gasteiger partial charge in [0.2, 0.25) is 0 Å². The zero-order chi connectivity index (χ0) is 21.1. The average Bonchev–Trinajstić information content (AvgIpc) is 3.24. The number of oxazole rings is 1. The summed E-state index contributed by atoms with van der Waals surface area (Å²) in [6.45, 7) is 4.56. The van der Waals surface area contributed by atoms with Crippen molar-refractivity contribution >= 4 is 35.1 Å². The molecule has 3 aromatic rings. The van der Waals surface area contributed by atoms with Gasteiger partial charge >= 0.3 is 6.01 Å². The summed E-state index contributed by atoms with van der Waals surface area (Å²) in [5, 5.41) is 3.26. The third kappa shape index (κ3) is 4.31. The van der Waals surface area contributed by atoms with E-state index in [1.165, 1.54) is 6.26 Å². The maximum Gasteiger partial charge on any atom is 0.302 e. The molecule has 7 nitrogen and oxygen atoms in total. The van der Waals surface area contributed by atoms with E-state index in [9.17, 15) is 9.59 Å². The molecule has 2 aromatic carbocycles. The quantitative estimate of drug-likeness (QED) is 0.688. The fourth-order valence-electron chi connectivity index (χ4n) is 3.42. The highest BCUT2D eigenvalue weighted by Crippen LogP contribution is 2.25. The van der Waals surface area contributed by atoms with E-state index in [1.807, 2.05) is 31.2 Å². The molecule has 0 bridgehead atoms. The van der Waals surface area contributed by atoms with E-state index in [2.05, 4.69) is 15.2 Å². The number of hydrogen-bond acceptors (Lipinski definition) is 5. The maximum absolute atomic E-state index is 12.8. The van der Waals surface area contributed by atoms with E-state index >= 15 is 0 Å². The van der Waals surface area contributed by atoms with Crippen LogP contribution in [0.3, 0.4) is 0 Å². The minimum absolute atomic E-state index is 0.000362. The Bertz CT molecular complexity index is 1060. The first-order valence-electron chi connectivity index (χ1n) is 9.63. The Hall–Kier alpha value is -3.32. The fourth-order valence-corrected chi connectivity index (χ4v) is 3.59. The largest absolute Gasteiger partial charge is 0.431 e. The van der Waals surface area contributed by atoms with Crippen molar-refractivity contribution in [2.45, 2.75) is 6.92 Å². The number of carbonyl (C=O) groups is 2. The number of nitrogens with zero attached hydrogens (tertiary/aromatic N) is 3. The highest BCUT2D eigenvalue weighted by molar-refractivity contribution is 6.30. The summed E-state index contributed by atoms with van der Waals surface area (Å²) in [5.41, 5.74) is 2.89. The lowest BCUT2D eigenvalue weighted by Gasteiger charge is -2.36. The summed E-state index contributed by atoms with van der Waals surface area (Å²) < 4.78 is 5.27. The second kappa shape index (κ2) is 8.59. The van der Waals surface area contributed by atoms with Gasteiger partial charge < -0.3 is 14.2 Å². The van der Waals surface area contributed by atoms with E-state index in [1.54, 1.807) is 29.2 Å². The van der Waals surface area contributed by atoms with Gasteiger partial charge in [-0.1, -0.05) is 35.9 Å². The first-order chi connectivity index (χ1) is 14.5. The Morgan fingerprint density at radius 1 is 1.07 bits per heavy atom. The summed E-state index contributed by atoms with van der Waals surface area (Å²) in [4.78, 5) is 33.1. The van der Waals surface area contributed by atoms with Crippen LogP contribution in [-0.2, 0) is 0 Å². The van der Waals surface area contributed by atoms with Gasteiger partial charge in [0, 0.05) is 42.5 Å². The number of aryl methyl sites for hydroxylation is 1. The number of nitrogens with one attached hydrogen (secondary N) is 1. The molecule has 0 atom stereocenters. The Morgan fingerprint density at radius 2 is 1.80 bits per heavy atom. The van der Waals surface area contributed by atoms with E-state index in [0.29, 0.717) is 36.8 Å². The monoisotopic (exact) mass is 424 g/mol. The SMILES string of the molecule is Cc1ccc(Cl)cc1N1CCN(C(=O)c2coc(NC(=O)c3ccccc3)n2)CC1. The molecule has 2 heterocycles. The number of aromatic nitrogens is 1. The lowest BCUT2D eigenvalue weighted by Crippen LogP contribution is -2.49. The number of halogens is 1. The van der Waals surface area contributed by atoms with Crippen molar-refractivity contribution in [2.24, 2.45) is 0 Å². The van der Waals surface area contributed by atoms with Crippen LogP contribution in [-0.4, -0.2) is 47.9 Å². The molecule has 2 amide bonds. The highest BCUT2D eigenvalue weighted by atomic mass is 35.5. The van der Waals surface area contributed by atoms with Gasteiger partial charge in [-0.05, 0) is 36.8 Å². The first-order valence-corrected chi connectivity index (χ1v) is 10.0. The summed E-state index contributed by atoms with van der Waals surface area (Å²) >= 11 is 6.13. The standard InChI is InChI=1S/C22H21ClN4O3/c1-15-7-8-17(23)13-19(15)26-9-11-27(12-10-26)21(29)18-14-30-22(24-18)25-20(28)16-5-3-2-4-6-16/h2-8,13-14H,9-12H2,1H3,(H,24,25,28). The van der Waals surface area contributed by atoms with Crippen molar-refractivity contribution in [2.75, 3.05) is 36.4 Å². The van der Waals surface area contributed by atoms with Crippen molar-refractivity contribution in [3.8, 4) is 0 Å². The van der Waals surface area contributed by atoms with Crippen molar-refractivity contribution < 1.29 is 14.0 Å². The van der Waals surface area contributed by atoms with Crippen LogP contribution in [0.5, 0.6) is 0 Å². The van der Waals surface area contributed by atoms with Crippen molar-refractivity contribution in [1.29, 1.82) is 0 Å². The second-order valence-electron chi connectivity index (χ2n) is 7.07. The van der Waals surface area contributed by atoms with Crippen molar-refractivity contribution in [3.63, 3.8) is 0 Å². The molecular formula is C22H21ClN4O3. The molecule has 0 radical (unpaired) electrons. The normalized spacial score (nSPS) is 13.9. The molecule has 1 aliphatic rings. The molecule has 154 valence electrons. The minimum atomic E-state index is -0.345. The molecule has 0 spiro atoms. The Balaban J connectivity index is 1.37. The molecular weight excluding hydrogens is 404 g/mol. The third-order valence-corrected chi connectivity index (χ3v) is 5.29. The molecule has 4 rings (SSSR count). The van der Waals surface area contributed by atoms with Crippen LogP contribution < -0.4 is 10.2 Å². The Labute approximate surface area is 179 Å². The Morgan fingerprint density at radius 3 is 2.53 bits per heavy atom. The zero-order valence-electron chi connectivity index (χ0n) is 16.5. The van der Waals surface area contributed by atoms with E-state index in [-0.39, 0.29) is 23.5 Å². The Kier molecular flexibility index (Phi) is 5.72. The van der Waals surface area contributed by atoms with E-state index < -0.39 is 0 Å². The van der Waals surface area contributed by atoms with Crippen LogP contribution in [0.25, 0.3) is 0 Å². The smallest absolute Gasteiger partial charge is 0.302 e. The molecule has 1 fully saturated rings. The van der Waals surface area contributed by atoms with Crippen LogP contribution in [0, 0.1) is 6.92 Å². The molecule has 0 unspecified atom stereocenters. The molecule has 1 N–H and O–H groups in total. The molecule has 1 saturated heterocycles. The van der Waals surface area contributed by atoms with Crippen molar-refractivity contribution in [3.05, 3.63) is 76.6 Å². The number of amides is 2. The first kappa shape index (κ1) is 20.0. The number of benzene rings is 2. The predicted molar refractivity (Wildman–Crippen MR) is 115 cm³/mol. The molecule has 0 saturated carbocycles. The lowest BCUT2D eigenvalue weighted by atomic mass is 10.1. The lowest BCUT2D eigenvalue weighted by molar-refractivity contribution is 0.0740. The number of anilines is 2. The minimum Gasteiger partial charge on any atom is -0.431 e. The van der Waals surface area contributed by atoms with Crippen LogP contribution in [0.15, 0.2) is 59.2 Å². The topological polar surface area (TPSA) is 78.7 Å². The zero-order valence-corrected chi connectivity index (χ0v) is 17.2. The van der Waals surface area contributed by atoms with Gasteiger partial charge in [-0.3, -0.25) is 14.9 Å². The van der Waals surface area contributed by atoms with Gasteiger partial charge in [-0.25, -0.2) is 0 Å². The fraction of sp³-hybridized carbons (Fsp3) is 0.227. The van der Waals surface area contributed by atoms with Gasteiger partial charge in [-0.15, -0.1) is 0 Å². The number of hydrogen-bond donors (Lipinski definition) is 1. The van der Waals surface area contributed by atoms with Crippen molar-refractivity contribution in [1.82, 2.24) is 9.88 Å². The van der Waals surface area contributed by atoms with E-state index in [0.717, 1.165) is 11.3 Å². The van der Waals surface area contributed by atoms with E-state index in [4.69, 9.17) is 16.0 Å². The number of rotatable bonds is 4. The number of carbonyl (C=O) groups excluding carboxylic acids is 2. The van der Waals surface area contributed by atoms with Gasteiger partial charge in [0.05, 0.1) is 0 Å². The summed E-state index contributed by atoms with van der Waals surface area (Å²) in [5.74, 6) is -0.566. The second-order valence-corrected chi connectivity index (χ2v) is 7.50. The number of piperazine rings is 1. The summed E-state index contributed by atoms with van der Waals surface area (Å²) in [6, 6.07) is 14.6. The molecule has 1 aromatic heterocycles. The van der Waals surface area contributed by atoms with Crippen LogP contribution in [0.1, 0.15) is 26.4 Å². The highest BCUT2D eigenvalue weighted by Gasteiger charge is 2.25. The van der Waals surface area contributed by atoms with Crippen LogP contribution >= 0.6 is 11.6 Å². The van der Waals surface area contributed by atoms with Crippen LogP contribution in [0.2, 0.25) is 5.02 Å². The molecule has 30 heavy (non-hydrogen) atoms. The summed E-state index contributed by atoms with van der Waals surface area (Å²) in [7, 11) is 0. The van der Waals surface area contributed by atoms with Gasteiger partial charge in [0.15, 0.2) is 5.69 Å². The third-order valence-electron chi connectivity index (χ3n) is 5.06. The van der Waals surface area contributed by atoms with Gasteiger partial charge in [0.25, 0.3) is 11.8 Å². The average molecular weight is 425 g/mol. The molecule has 8 heteroatoms. The maximum atomic E-state index is 12.8. The van der Waals surface area contributed by atoms with Gasteiger partial charge in [0.1, 0.15) is 6.26 Å². The van der Waals surface area contributed by atoms with Crippen LogP contribution in [0.4, 0.5) is 11.7 Å². The predicted octanol–water partition coefficient (Wildman–Crippen LogP) is 3.85. The van der Waals surface area contributed by atoms with Gasteiger partial charge in [-0.2, -0.15) is 4.98 Å². The molecule has 0 aliphatic carbocycles.